The van der Waals surface area contributed by atoms with Gasteiger partial charge in [0.25, 0.3) is 0 Å². The summed E-state index contributed by atoms with van der Waals surface area (Å²) in [5.41, 5.74) is 1.06. The molecule has 1 aromatic carbocycles. The van der Waals surface area contributed by atoms with Gasteiger partial charge in [-0.05, 0) is 17.9 Å². The molecule has 0 bridgehead atoms. The quantitative estimate of drug-likeness (QED) is 0.709. The van der Waals surface area contributed by atoms with Crippen LogP contribution in [-0.4, -0.2) is 5.97 Å². The summed E-state index contributed by atoms with van der Waals surface area (Å²) in [6.45, 7) is 0.407. The summed E-state index contributed by atoms with van der Waals surface area (Å²) in [6.07, 6.45) is 5.52. The van der Waals surface area contributed by atoms with Crippen LogP contribution in [0.25, 0.3) is 0 Å². The first-order valence-corrected chi connectivity index (χ1v) is 6.04. The van der Waals surface area contributed by atoms with Crippen LogP contribution < -0.4 is 0 Å². The molecule has 0 N–H and O–H groups in total. The number of carbonyl (C=O) groups is 1. The standard InChI is InChI=1S/C14H18O2/c15-14(10-9-12-7-4-8-12)16-11-13-5-2-1-3-6-13/h1-3,5-6,12H,4,7-11H2. The predicted molar refractivity (Wildman–Crippen MR) is 62.8 cm³/mol. The fourth-order valence-corrected chi connectivity index (χ4v) is 1.91. The van der Waals surface area contributed by atoms with Gasteiger partial charge in [0.05, 0.1) is 0 Å². The van der Waals surface area contributed by atoms with Gasteiger partial charge in [-0.25, -0.2) is 0 Å². The third-order valence-corrected chi connectivity index (χ3v) is 3.22. The Labute approximate surface area is 96.6 Å². The first-order chi connectivity index (χ1) is 7.84. The van der Waals surface area contributed by atoms with Gasteiger partial charge in [-0.15, -0.1) is 0 Å². The molecule has 16 heavy (non-hydrogen) atoms. The summed E-state index contributed by atoms with van der Waals surface area (Å²) in [5.74, 6) is 0.722. The molecule has 1 aliphatic carbocycles. The molecular formula is C14H18O2. The molecule has 0 radical (unpaired) electrons. The molecule has 2 nitrogen and oxygen atoms in total. The Hall–Kier alpha value is -1.31. The summed E-state index contributed by atoms with van der Waals surface area (Å²) in [5, 5.41) is 0. The number of hydrogen-bond donors (Lipinski definition) is 0. The lowest BCUT2D eigenvalue weighted by molar-refractivity contribution is -0.145. The summed E-state index contributed by atoms with van der Waals surface area (Å²) < 4.78 is 5.21. The minimum absolute atomic E-state index is 0.0595. The SMILES string of the molecule is O=C(CCC1CCC1)OCc1ccccc1. The van der Waals surface area contributed by atoms with Crippen LogP contribution in [0.1, 0.15) is 37.7 Å². The predicted octanol–water partition coefficient (Wildman–Crippen LogP) is 3.31. The zero-order valence-electron chi connectivity index (χ0n) is 9.52. The highest BCUT2D eigenvalue weighted by atomic mass is 16.5. The summed E-state index contributed by atoms with van der Waals surface area (Å²) in [4.78, 5) is 11.4. The van der Waals surface area contributed by atoms with Crippen LogP contribution in [0.5, 0.6) is 0 Å². The van der Waals surface area contributed by atoms with Gasteiger partial charge >= 0.3 is 5.97 Å². The van der Waals surface area contributed by atoms with Crippen molar-refractivity contribution >= 4 is 5.97 Å². The van der Waals surface area contributed by atoms with E-state index in [1.807, 2.05) is 30.3 Å². The van der Waals surface area contributed by atoms with E-state index in [9.17, 15) is 4.79 Å². The number of esters is 1. The van der Waals surface area contributed by atoms with E-state index in [1.165, 1.54) is 19.3 Å². The first-order valence-electron chi connectivity index (χ1n) is 6.04. The second kappa shape index (κ2) is 5.69. The largest absolute Gasteiger partial charge is 0.461 e. The Kier molecular flexibility index (Phi) is 3.97. The minimum Gasteiger partial charge on any atom is -0.461 e. The van der Waals surface area contributed by atoms with E-state index in [0.29, 0.717) is 13.0 Å². The van der Waals surface area contributed by atoms with Gasteiger partial charge < -0.3 is 4.74 Å². The lowest BCUT2D eigenvalue weighted by atomic mass is 9.82. The van der Waals surface area contributed by atoms with Crippen molar-refractivity contribution < 1.29 is 9.53 Å². The molecule has 1 aromatic rings. The summed E-state index contributed by atoms with van der Waals surface area (Å²) in [7, 11) is 0. The molecule has 0 aliphatic heterocycles. The second-order valence-electron chi connectivity index (χ2n) is 4.48. The van der Waals surface area contributed by atoms with Crippen molar-refractivity contribution in [2.75, 3.05) is 0 Å². The van der Waals surface area contributed by atoms with Crippen LogP contribution >= 0.6 is 0 Å². The van der Waals surface area contributed by atoms with E-state index in [4.69, 9.17) is 4.74 Å². The maximum Gasteiger partial charge on any atom is 0.306 e. The van der Waals surface area contributed by atoms with Crippen LogP contribution in [0.15, 0.2) is 30.3 Å². The van der Waals surface area contributed by atoms with Crippen molar-refractivity contribution in [2.24, 2.45) is 5.92 Å². The molecule has 1 fully saturated rings. The second-order valence-corrected chi connectivity index (χ2v) is 4.48. The van der Waals surface area contributed by atoms with E-state index in [2.05, 4.69) is 0 Å². The Morgan fingerprint density at radius 1 is 1.25 bits per heavy atom. The average molecular weight is 218 g/mol. The van der Waals surface area contributed by atoms with Gasteiger partial charge in [-0.2, -0.15) is 0 Å². The third-order valence-electron chi connectivity index (χ3n) is 3.22. The van der Waals surface area contributed by atoms with Crippen LogP contribution in [0.3, 0.4) is 0 Å². The van der Waals surface area contributed by atoms with Gasteiger partial charge in [0.15, 0.2) is 0 Å². The highest BCUT2D eigenvalue weighted by molar-refractivity contribution is 5.69. The highest BCUT2D eigenvalue weighted by Gasteiger charge is 2.18. The molecule has 1 aliphatic rings. The average Bonchev–Trinajstić information content (AvgIpc) is 2.26. The monoisotopic (exact) mass is 218 g/mol. The van der Waals surface area contributed by atoms with Crippen LogP contribution in [-0.2, 0) is 16.1 Å². The van der Waals surface area contributed by atoms with Crippen molar-refractivity contribution in [3.8, 4) is 0 Å². The van der Waals surface area contributed by atoms with Crippen LogP contribution in [0.4, 0.5) is 0 Å². The molecule has 2 heteroatoms. The lowest BCUT2D eigenvalue weighted by Gasteiger charge is -2.24. The molecule has 0 saturated heterocycles. The molecular weight excluding hydrogens is 200 g/mol. The van der Waals surface area contributed by atoms with Crippen molar-refractivity contribution in [3.63, 3.8) is 0 Å². The first kappa shape index (κ1) is 11.2. The van der Waals surface area contributed by atoms with Crippen molar-refractivity contribution in [3.05, 3.63) is 35.9 Å². The van der Waals surface area contributed by atoms with Gasteiger partial charge in [0.2, 0.25) is 0 Å². The minimum atomic E-state index is -0.0595. The van der Waals surface area contributed by atoms with Gasteiger partial charge in [0, 0.05) is 6.42 Å². The molecule has 0 aromatic heterocycles. The molecule has 0 heterocycles. The molecule has 1 saturated carbocycles. The van der Waals surface area contributed by atoms with Crippen LogP contribution in [0.2, 0.25) is 0 Å². The Morgan fingerprint density at radius 2 is 2.00 bits per heavy atom. The zero-order valence-corrected chi connectivity index (χ0v) is 9.52. The molecule has 2 rings (SSSR count). The number of ether oxygens (including phenoxy) is 1. The van der Waals surface area contributed by atoms with E-state index in [-0.39, 0.29) is 5.97 Å². The number of rotatable bonds is 5. The van der Waals surface area contributed by atoms with Crippen molar-refractivity contribution in [1.29, 1.82) is 0 Å². The third kappa shape index (κ3) is 3.37. The fourth-order valence-electron chi connectivity index (χ4n) is 1.91. The van der Waals surface area contributed by atoms with Gasteiger partial charge in [0.1, 0.15) is 6.61 Å². The summed E-state index contributed by atoms with van der Waals surface area (Å²) >= 11 is 0. The Morgan fingerprint density at radius 3 is 2.62 bits per heavy atom. The number of hydrogen-bond acceptors (Lipinski definition) is 2. The van der Waals surface area contributed by atoms with Crippen LogP contribution in [0, 0.1) is 5.92 Å². The van der Waals surface area contributed by atoms with E-state index < -0.39 is 0 Å². The van der Waals surface area contributed by atoms with E-state index >= 15 is 0 Å². The molecule has 86 valence electrons. The number of carbonyl (C=O) groups excluding carboxylic acids is 1. The maximum absolute atomic E-state index is 11.4. The lowest BCUT2D eigenvalue weighted by Crippen LogP contribution is -2.14. The van der Waals surface area contributed by atoms with Crippen molar-refractivity contribution in [1.82, 2.24) is 0 Å². The normalized spacial score (nSPS) is 15.5. The molecule has 0 atom stereocenters. The molecule has 0 spiro atoms. The topological polar surface area (TPSA) is 26.3 Å². The fraction of sp³-hybridized carbons (Fsp3) is 0.500. The van der Waals surface area contributed by atoms with Gasteiger partial charge in [-0.1, -0.05) is 49.6 Å². The molecule has 0 amide bonds. The van der Waals surface area contributed by atoms with Gasteiger partial charge in [-0.3, -0.25) is 4.79 Å². The number of benzene rings is 1. The Balaban J connectivity index is 1.63. The van der Waals surface area contributed by atoms with E-state index in [0.717, 1.165) is 17.9 Å². The smallest absolute Gasteiger partial charge is 0.306 e. The molecule has 0 unspecified atom stereocenters. The Bertz CT molecular complexity index is 328. The maximum atomic E-state index is 11.4. The zero-order chi connectivity index (χ0) is 11.2. The van der Waals surface area contributed by atoms with Crippen molar-refractivity contribution in [2.45, 2.75) is 38.7 Å². The summed E-state index contributed by atoms with van der Waals surface area (Å²) in [6, 6.07) is 9.81. The highest BCUT2D eigenvalue weighted by Crippen LogP contribution is 2.30. The van der Waals surface area contributed by atoms with E-state index in [1.54, 1.807) is 0 Å².